The number of amides is 4. The Labute approximate surface area is 216 Å². The second-order valence-electron chi connectivity index (χ2n) is 8.06. The molecule has 8 nitrogen and oxygen atoms in total. The van der Waals surface area contributed by atoms with Crippen LogP contribution in [0.1, 0.15) is 21.5 Å². The van der Waals surface area contributed by atoms with Gasteiger partial charge in [0, 0.05) is 22.0 Å². The van der Waals surface area contributed by atoms with Crippen LogP contribution in [-0.4, -0.2) is 23.6 Å². The highest BCUT2D eigenvalue weighted by Gasteiger charge is 2.39. The van der Waals surface area contributed by atoms with Gasteiger partial charge in [0.25, 0.3) is 11.8 Å². The molecule has 10 heteroatoms. The van der Waals surface area contributed by atoms with E-state index < -0.39 is 17.7 Å². The lowest BCUT2D eigenvalue weighted by Gasteiger charge is -2.16. The summed E-state index contributed by atoms with van der Waals surface area (Å²) in [6, 6.07) is 17.9. The fraction of sp³-hybridized carbons (Fsp3) is 0.0769. The van der Waals surface area contributed by atoms with E-state index in [-0.39, 0.29) is 23.1 Å². The van der Waals surface area contributed by atoms with Crippen molar-refractivity contribution >= 4 is 63.9 Å². The Balaban J connectivity index is 1.40. The molecule has 0 fully saturated rings. The number of imide groups is 1. The third-order valence-electron chi connectivity index (χ3n) is 5.48. The van der Waals surface area contributed by atoms with Crippen LogP contribution in [0.15, 0.2) is 77.5 Å². The van der Waals surface area contributed by atoms with E-state index in [0.29, 0.717) is 27.6 Å². The van der Waals surface area contributed by atoms with Crippen LogP contribution < -0.4 is 21.3 Å². The second kappa shape index (κ2) is 10.2. The van der Waals surface area contributed by atoms with Crippen molar-refractivity contribution in [3.05, 3.63) is 99.2 Å². The van der Waals surface area contributed by atoms with Crippen molar-refractivity contribution in [1.82, 2.24) is 0 Å². The predicted octanol–water partition coefficient (Wildman–Crippen LogP) is 4.36. The van der Waals surface area contributed by atoms with E-state index in [1.54, 1.807) is 48.5 Å². The minimum atomic E-state index is -0.652. The first-order valence-corrected chi connectivity index (χ1v) is 11.5. The molecule has 36 heavy (non-hydrogen) atoms. The highest BCUT2D eigenvalue weighted by Crippen LogP contribution is 2.32. The number of carbonyl (C=O) groups is 4. The minimum Gasteiger partial charge on any atom is -0.366 e. The number of rotatable bonds is 7. The van der Waals surface area contributed by atoms with Crippen molar-refractivity contribution in [3.63, 3.8) is 0 Å². The summed E-state index contributed by atoms with van der Waals surface area (Å²) < 4.78 is 0. The maximum atomic E-state index is 13.0. The third kappa shape index (κ3) is 5.25. The van der Waals surface area contributed by atoms with Crippen LogP contribution in [0.4, 0.5) is 17.1 Å². The van der Waals surface area contributed by atoms with Crippen molar-refractivity contribution in [2.75, 3.05) is 15.5 Å². The fourth-order valence-electron chi connectivity index (χ4n) is 3.53. The van der Waals surface area contributed by atoms with E-state index >= 15 is 0 Å². The van der Waals surface area contributed by atoms with Crippen LogP contribution in [0, 0.1) is 6.92 Å². The highest BCUT2D eigenvalue weighted by molar-refractivity contribution is 6.53. The van der Waals surface area contributed by atoms with Crippen molar-refractivity contribution < 1.29 is 19.2 Å². The van der Waals surface area contributed by atoms with Crippen LogP contribution in [0.25, 0.3) is 0 Å². The molecule has 4 amide bonds. The standard InChI is InChI=1S/C26H20Cl2N4O4/c1-14-2-11-19(13-20(14)27)32-25(35)22(28)23(26(32)36)31-18-7-3-15(4-8-18)12-21(33)30-17-9-5-16(6-10-17)24(29)34/h2-11,13,31H,12H2,1H3,(H2,29,34)(H,30,33). The zero-order chi connectivity index (χ0) is 26.0. The number of benzene rings is 3. The molecule has 3 aromatic rings. The number of hydrogen-bond donors (Lipinski definition) is 3. The Bertz CT molecular complexity index is 1420. The van der Waals surface area contributed by atoms with Crippen LogP contribution >= 0.6 is 23.2 Å². The summed E-state index contributed by atoms with van der Waals surface area (Å²) in [5.41, 5.74) is 8.41. The highest BCUT2D eigenvalue weighted by atomic mass is 35.5. The molecule has 4 N–H and O–H groups in total. The topological polar surface area (TPSA) is 122 Å². The maximum absolute atomic E-state index is 13.0. The van der Waals surface area contributed by atoms with Gasteiger partial charge < -0.3 is 16.4 Å². The number of nitrogens with two attached hydrogens (primary N) is 1. The molecular weight excluding hydrogens is 503 g/mol. The monoisotopic (exact) mass is 522 g/mol. The van der Waals surface area contributed by atoms with Crippen molar-refractivity contribution in [2.45, 2.75) is 13.3 Å². The Morgan fingerprint density at radius 3 is 2.14 bits per heavy atom. The molecular formula is C26H20Cl2N4O4. The average Bonchev–Trinajstić information content (AvgIpc) is 3.05. The Morgan fingerprint density at radius 1 is 0.889 bits per heavy atom. The van der Waals surface area contributed by atoms with E-state index in [1.165, 1.54) is 18.2 Å². The van der Waals surface area contributed by atoms with Gasteiger partial charge in [-0.25, -0.2) is 4.90 Å². The summed E-state index contributed by atoms with van der Waals surface area (Å²) in [6.45, 7) is 1.81. The van der Waals surface area contributed by atoms with Crippen LogP contribution in [-0.2, 0) is 20.8 Å². The smallest absolute Gasteiger partial charge is 0.283 e. The molecule has 0 radical (unpaired) electrons. The van der Waals surface area contributed by atoms with Crippen molar-refractivity contribution in [2.24, 2.45) is 5.73 Å². The van der Waals surface area contributed by atoms with Gasteiger partial charge in [-0.05, 0) is 66.6 Å². The summed E-state index contributed by atoms with van der Waals surface area (Å²) in [5.74, 6) is -2.05. The summed E-state index contributed by atoms with van der Waals surface area (Å²) >= 11 is 12.3. The van der Waals surface area contributed by atoms with E-state index in [4.69, 9.17) is 28.9 Å². The summed E-state index contributed by atoms with van der Waals surface area (Å²) in [4.78, 5) is 50.1. The fourth-order valence-corrected chi connectivity index (χ4v) is 3.91. The zero-order valence-electron chi connectivity index (χ0n) is 19.0. The lowest BCUT2D eigenvalue weighted by Crippen LogP contribution is -2.32. The van der Waals surface area contributed by atoms with Crippen LogP contribution in [0.5, 0.6) is 0 Å². The first-order chi connectivity index (χ1) is 17.1. The minimum absolute atomic E-state index is 0.0525. The first kappa shape index (κ1) is 25.0. The Hall–Kier alpha value is -4.14. The van der Waals surface area contributed by atoms with Gasteiger partial charge in [0.2, 0.25) is 11.8 Å². The maximum Gasteiger partial charge on any atom is 0.283 e. The molecule has 0 spiro atoms. The molecule has 0 unspecified atom stereocenters. The molecule has 1 aliphatic heterocycles. The summed E-state index contributed by atoms with van der Waals surface area (Å²) in [6.07, 6.45) is 0.0979. The number of primary amides is 1. The quantitative estimate of drug-likeness (QED) is 0.398. The molecule has 0 aromatic heterocycles. The Kier molecular flexibility index (Phi) is 7.10. The van der Waals surface area contributed by atoms with Crippen molar-refractivity contribution in [1.29, 1.82) is 0 Å². The van der Waals surface area contributed by atoms with Gasteiger partial charge in [-0.1, -0.05) is 41.4 Å². The normalized spacial score (nSPS) is 13.2. The van der Waals surface area contributed by atoms with Gasteiger partial charge in [-0.15, -0.1) is 0 Å². The second-order valence-corrected chi connectivity index (χ2v) is 8.84. The average molecular weight is 523 g/mol. The lowest BCUT2D eigenvalue weighted by molar-refractivity contribution is -0.120. The molecule has 1 aliphatic rings. The SMILES string of the molecule is Cc1ccc(N2C(=O)C(Cl)=C(Nc3ccc(CC(=O)Nc4ccc(C(N)=O)cc4)cc3)C2=O)cc1Cl. The van der Waals surface area contributed by atoms with Gasteiger partial charge in [0.05, 0.1) is 12.1 Å². The predicted molar refractivity (Wildman–Crippen MR) is 139 cm³/mol. The molecule has 0 saturated carbocycles. The van der Waals surface area contributed by atoms with Gasteiger partial charge in [-0.2, -0.15) is 0 Å². The van der Waals surface area contributed by atoms with Gasteiger partial charge in [0.1, 0.15) is 10.7 Å². The lowest BCUT2D eigenvalue weighted by atomic mass is 10.1. The largest absolute Gasteiger partial charge is 0.366 e. The number of aryl methyl sites for hydroxylation is 1. The van der Waals surface area contributed by atoms with Crippen molar-refractivity contribution in [3.8, 4) is 0 Å². The van der Waals surface area contributed by atoms with E-state index in [2.05, 4.69) is 10.6 Å². The third-order valence-corrected chi connectivity index (χ3v) is 6.24. The van der Waals surface area contributed by atoms with E-state index in [1.807, 2.05) is 6.92 Å². The zero-order valence-corrected chi connectivity index (χ0v) is 20.5. The van der Waals surface area contributed by atoms with E-state index in [9.17, 15) is 19.2 Å². The number of hydrogen-bond acceptors (Lipinski definition) is 5. The molecule has 3 aromatic carbocycles. The van der Waals surface area contributed by atoms with Gasteiger partial charge in [0.15, 0.2) is 0 Å². The van der Waals surface area contributed by atoms with Crippen LogP contribution in [0.2, 0.25) is 5.02 Å². The van der Waals surface area contributed by atoms with Crippen LogP contribution in [0.3, 0.4) is 0 Å². The summed E-state index contributed by atoms with van der Waals surface area (Å²) in [5, 5.41) is 5.83. The molecule has 0 saturated heterocycles. The number of nitrogens with one attached hydrogen (secondary N) is 2. The molecule has 182 valence electrons. The number of anilines is 3. The molecule has 4 rings (SSSR count). The summed E-state index contributed by atoms with van der Waals surface area (Å²) in [7, 11) is 0. The molecule has 0 aliphatic carbocycles. The molecule has 0 bridgehead atoms. The van der Waals surface area contributed by atoms with Gasteiger partial charge in [-0.3, -0.25) is 19.2 Å². The number of nitrogens with zero attached hydrogens (tertiary/aromatic N) is 1. The first-order valence-electron chi connectivity index (χ1n) is 10.7. The number of carbonyl (C=O) groups excluding carboxylic acids is 4. The molecule has 0 atom stereocenters. The van der Waals surface area contributed by atoms with Gasteiger partial charge >= 0.3 is 0 Å². The number of halogens is 2. The molecule has 1 heterocycles. The Morgan fingerprint density at radius 2 is 1.53 bits per heavy atom. The van der Waals surface area contributed by atoms with E-state index in [0.717, 1.165) is 16.0 Å².